The average Bonchev–Trinajstić information content (AvgIpc) is 2.25. The highest BCUT2D eigenvalue weighted by atomic mass is 16.3. The Morgan fingerprint density at radius 3 is 2.25 bits per heavy atom. The summed E-state index contributed by atoms with van der Waals surface area (Å²) >= 11 is 0. The first-order chi connectivity index (χ1) is 5.57. The minimum absolute atomic E-state index is 0.241. The number of hydrogen-bond acceptors (Lipinski definition) is 4. The third-order valence-electron chi connectivity index (χ3n) is 2.51. The number of likely N-dealkylation sites (N-methyl/N-ethyl adjacent to an activating group) is 2. The van der Waals surface area contributed by atoms with Gasteiger partial charge in [0.2, 0.25) is 0 Å². The summed E-state index contributed by atoms with van der Waals surface area (Å²) in [6.07, 6.45) is 0.321. The average molecular weight is 173 g/mol. The molecule has 0 aromatic carbocycles. The van der Waals surface area contributed by atoms with Crippen molar-refractivity contribution in [3.63, 3.8) is 0 Å². The van der Waals surface area contributed by atoms with Gasteiger partial charge < -0.3 is 5.11 Å². The molecule has 1 rings (SSSR count). The standard InChI is InChI=1S/C8H19N3O/c1-9(2)8-10(3)5-7(6-12)11(8)4/h7-8,12H,5-6H2,1-4H3. The summed E-state index contributed by atoms with van der Waals surface area (Å²) in [5.74, 6) is 0. The van der Waals surface area contributed by atoms with Gasteiger partial charge in [-0.3, -0.25) is 14.7 Å². The minimum atomic E-state index is 0.241. The summed E-state index contributed by atoms with van der Waals surface area (Å²) in [5.41, 5.74) is 0. The quantitative estimate of drug-likeness (QED) is 0.584. The van der Waals surface area contributed by atoms with Crippen molar-refractivity contribution in [1.82, 2.24) is 14.7 Å². The molecule has 1 aliphatic heterocycles. The molecule has 0 spiro atoms. The highest BCUT2D eigenvalue weighted by Gasteiger charge is 2.35. The number of aliphatic hydroxyl groups excluding tert-OH is 1. The highest BCUT2D eigenvalue weighted by molar-refractivity contribution is 4.84. The van der Waals surface area contributed by atoms with E-state index in [4.69, 9.17) is 5.11 Å². The molecule has 0 aromatic rings. The maximum atomic E-state index is 9.07. The van der Waals surface area contributed by atoms with E-state index in [9.17, 15) is 0 Å². The van der Waals surface area contributed by atoms with Crippen LogP contribution >= 0.6 is 0 Å². The Bertz CT molecular complexity index is 151. The molecule has 12 heavy (non-hydrogen) atoms. The van der Waals surface area contributed by atoms with Crippen LogP contribution in [-0.2, 0) is 0 Å². The SMILES string of the molecule is CN(C)C1N(C)CC(CO)N1C. The molecule has 0 aliphatic carbocycles. The van der Waals surface area contributed by atoms with Crippen molar-refractivity contribution >= 4 is 0 Å². The second-order valence-corrected chi connectivity index (χ2v) is 3.75. The summed E-state index contributed by atoms with van der Waals surface area (Å²) in [5, 5.41) is 9.07. The van der Waals surface area contributed by atoms with Gasteiger partial charge in [-0.15, -0.1) is 0 Å². The lowest BCUT2D eigenvalue weighted by Crippen LogP contribution is -2.47. The van der Waals surface area contributed by atoms with Crippen molar-refractivity contribution in [3.8, 4) is 0 Å². The van der Waals surface area contributed by atoms with E-state index < -0.39 is 0 Å². The molecule has 1 heterocycles. The second kappa shape index (κ2) is 3.70. The van der Waals surface area contributed by atoms with Crippen LogP contribution in [0.2, 0.25) is 0 Å². The summed E-state index contributed by atoms with van der Waals surface area (Å²) in [4.78, 5) is 6.58. The van der Waals surface area contributed by atoms with Crippen LogP contribution in [0.1, 0.15) is 0 Å². The molecule has 0 radical (unpaired) electrons. The molecule has 4 heteroatoms. The van der Waals surface area contributed by atoms with Crippen LogP contribution in [0, 0.1) is 0 Å². The second-order valence-electron chi connectivity index (χ2n) is 3.75. The first kappa shape index (κ1) is 9.92. The summed E-state index contributed by atoms with van der Waals surface area (Å²) < 4.78 is 0. The predicted octanol–water partition coefficient (Wildman–Crippen LogP) is -0.930. The number of aliphatic hydroxyl groups is 1. The Hall–Kier alpha value is -0.160. The fourth-order valence-electron chi connectivity index (χ4n) is 2.00. The lowest BCUT2D eigenvalue weighted by molar-refractivity contribution is 0.0305. The predicted molar refractivity (Wildman–Crippen MR) is 48.7 cm³/mol. The Balaban J connectivity index is 2.63. The molecule has 72 valence electrons. The van der Waals surface area contributed by atoms with Gasteiger partial charge in [0.25, 0.3) is 0 Å². The van der Waals surface area contributed by atoms with Gasteiger partial charge in [-0.05, 0) is 28.2 Å². The van der Waals surface area contributed by atoms with Crippen LogP contribution in [-0.4, -0.2) is 73.5 Å². The lowest BCUT2D eigenvalue weighted by atomic mass is 10.3. The third kappa shape index (κ3) is 1.61. The molecule has 1 saturated heterocycles. The molecule has 1 aliphatic rings. The van der Waals surface area contributed by atoms with E-state index in [1.807, 2.05) is 0 Å². The molecule has 1 fully saturated rings. The number of hydrogen-bond donors (Lipinski definition) is 1. The molecular weight excluding hydrogens is 154 g/mol. The first-order valence-corrected chi connectivity index (χ1v) is 4.27. The largest absolute Gasteiger partial charge is 0.395 e. The van der Waals surface area contributed by atoms with Crippen molar-refractivity contribution in [2.75, 3.05) is 41.3 Å². The Morgan fingerprint density at radius 2 is 2.00 bits per heavy atom. The van der Waals surface area contributed by atoms with Crippen LogP contribution in [0.3, 0.4) is 0 Å². The van der Waals surface area contributed by atoms with Gasteiger partial charge in [-0.2, -0.15) is 0 Å². The smallest absolute Gasteiger partial charge is 0.119 e. The molecule has 2 atom stereocenters. The molecule has 0 saturated carbocycles. The van der Waals surface area contributed by atoms with E-state index in [0.717, 1.165) is 6.54 Å². The van der Waals surface area contributed by atoms with Crippen LogP contribution in [0.4, 0.5) is 0 Å². The van der Waals surface area contributed by atoms with E-state index >= 15 is 0 Å². The number of nitrogens with zero attached hydrogens (tertiary/aromatic N) is 3. The molecule has 0 amide bonds. The van der Waals surface area contributed by atoms with Crippen LogP contribution in [0.15, 0.2) is 0 Å². The van der Waals surface area contributed by atoms with Gasteiger partial charge in [0.1, 0.15) is 6.29 Å². The van der Waals surface area contributed by atoms with E-state index in [2.05, 4.69) is 42.9 Å². The maximum absolute atomic E-state index is 9.07. The molecule has 0 bridgehead atoms. The first-order valence-electron chi connectivity index (χ1n) is 4.27. The number of rotatable bonds is 2. The fourth-order valence-corrected chi connectivity index (χ4v) is 2.00. The summed E-state index contributed by atoms with van der Waals surface area (Å²) in [6, 6.07) is 0.280. The molecule has 2 unspecified atom stereocenters. The van der Waals surface area contributed by atoms with Crippen molar-refractivity contribution in [2.45, 2.75) is 12.3 Å². The van der Waals surface area contributed by atoms with E-state index in [1.165, 1.54) is 0 Å². The molecule has 4 nitrogen and oxygen atoms in total. The van der Waals surface area contributed by atoms with Crippen molar-refractivity contribution in [3.05, 3.63) is 0 Å². The topological polar surface area (TPSA) is 30.0 Å². The molecular formula is C8H19N3O. The Labute approximate surface area is 74.4 Å². The van der Waals surface area contributed by atoms with Gasteiger partial charge in [0.15, 0.2) is 0 Å². The van der Waals surface area contributed by atoms with Crippen LogP contribution < -0.4 is 0 Å². The normalized spacial score (nSPS) is 33.5. The zero-order chi connectivity index (χ0) is 9.30. The summed E-state index contributed by atoms with van der Waals surface area (Å²) in [7, 11) is 8.24. The third-order valence-corrected chi connectivity index (χ3v) is 2.51. The lowest BCUT2D eigenvalue weighted by Gasteiger charge is -2.31. The minimum Gasteiger partial charge on any atom is -0.395 e. The van der Waals surface area contributed by atoms with Gasteiger partial charge in [-0.25, -0.2) is 0 Å². The van der Waals surface area contributed by atoms with Gasteiger partial charge in [0.05, 0.1) is 6.61 Å². The van der Waals surface area contributed by atoms with Crippen molar-refractivity contribution < 1.29 is 5.11 Å². The van der Waals surface area contributed by atoms with Crippen molar-refractivity contribution in [2.24, 2.45) is 0 Å². The zero-order valence-corrected chi connectivity index (χ0v) is 8.36. The maximum Gasteiger partial charge on any atom is 0.119 e. The van der Waals surface area contributed by atoms with E-state index in [0.29, 0.717) is 6.29 Å². The van der Waals surface area contributed by atoms with E-state index in [1.54, 1.807) is 0 Å². The van der Waals surface area contributed by atoms with Crippen LogP contribution in [0.5, 0.6) is 0 Å². The Kier molecular flexibility index (Phi) is 3.06. The van der Waals surface area contributed by atoms with Crippen molar-refractivity contribution in [1.29, 1.82) is 0 Å². The highest BCUT2D eigenvalue weighted by Crippen LogP contribution is 2.17. The summed E-state index contributed by atoms with van der Waals surface area (Å²) in [6.45, 7) is 1.18. The van der Waals surface area contributed by atoms with Crippen LogP contribution in [0.25, 0.3) is 0 Å². The Morgan fingerprint density at radius 1 is 1.42 bits per heavy atom. The van der Waals surface area contributed by atoms with Gasteiger partial charge >= 0.3 is 0 Å². The van der Waals surface area contributed by atoms with Gasteiger partial charge in [0, 0.05) is 12.6 Å². The zero-order valence-electron chi connectivity index (χ0n) is 8.36. The van der Waals surface area contributed by atoms with Gasteiger partial charge in [-0.1, -0.05) is 0 Å². The monoisotopic (exact) mass is 173 g/mol. The fraction of sp³-hybridized carbons (Fsp3) is 1.00. The molecule has 0 aromatic heterocycles. The van der Waals surface area contributed by atoms with E-state index in [-0.39, 0.29) is 12.6 Å². The molecule has 1 N–H and O–H groups in total.